The van der Waals surface area contributed by atoms with Gasteiger partial charge in [0.1, 0.15) is 5.92 Å². The fraction of sp³-hybridized carbons (Fsp3) is 0.263. The van der Waals surface area contributed by atoms with Gasteiger partial charge >= 0.3 is 6.18 Å². The maximum absolute atomic E-state index is 13.4. The summed E-state index contributed by atoms with van der Waals surface area (Å²) in [6, 6.07) is 7.97. The van der Waals surface area contributed by atoms with Gasteiger partial charge in [0.05, 0.1) is 11.3 Å². The zero-order valence-electron chi connectivity index (χ0n) is 14.8. The lowest BCUT2D eigenvalue weighted by Crippen LogP contribution is -2.42. The topological polar surface area (TPSA) is 58.2 Å². The second kappa shape index (κ2) is 9.44. The van der Waals surface area contributed by atoms with Crippen LogP contribution >= 0.6 is 0 Å². The van der Waals surface area contributed by atoms with Crippen molar-refractivity contribution in [2.45, 2.75) is 19.0 Å². The van der Waals surface area contributed by atoms with Crippen LogP contribution in [0.3, 0.4) is 0 Å². The average Bonchev–Trinajstić information content (AvgIpc) is 2.69. The fourth-order valence-electron chi connectivity index (χ4n) is 2.49. The number of hydrogen-bond donors (Lipinski definition) is 2. The van der Waals surface area contributed by atoms with E-state index in [-0.39, 0.29) is 0 Å². The molecule has 156 valence electrons. The van der Waals surface area contributed by atoms with Gasteiger partial charge in [-0.2, -0.15) is 13.2 Å². The third kappa shape index (κ3) is 5.97. The van der Waals surface area contributed by atoms with Crippen molar-refractivity contribution in [1.29, 1.82) is 0 Å². The summed E-state index contributed by atoms with van der Waals surface area (Å²) in [4.78, 5) is 23.2. The second-order valence-corrected chi connectivity index (χ2v) is 6.06. The van der Waals surface area contributed by atoms with Crippen molar-refractivity contribution in [2.75, 3.05) is 11.9 Å². The highest BCUT2D eigenvalue weighted by molar-refractivity contribution is 6.06. The van der Waals surface area contributed by atoms with Gasteiger partial charge in [-0.15, -0.1) is 0 Å². The number of anilines is 1. The Kier molecular flexibility index (Phi) is 7.24. The molecule has 1 aliphatic rings. The van der Waals surface area contributed by atoms with Crippen LogP contribution in [-0.4, -0.2) is 18.4 Å². The molecule has 0 radical (unpaired) electrons. The minimum atomic E-state index is -4.21. The van der Waals surface area contributed by atoms with Crippen molar-refractivity contribution in [3.63, 3.8) is 0 Å². The van der Waals surface area contributed by atoms with Gasteiger partial charge in [-0.1, -0.05) is 30.3 Å². The lowest BCUT2D eigenvalue weighted by atomic mass is 9.97. The Hall–Kier alpha value is -3.04. The minimum absolute atomic E-state index is 0.336. The molecule has 0 unspecified atom stereocenters. The first-order chi connectivity index (χ1) is 13.6. The molecular weight excluding hydrogens is 402 g/mol. The molecule has 0 aromatic heterocycles. The van der Waals surface area contributed by atoms with E-state index >= 15 is 0 Å². The van der Waals surface area contributed by atoms with E-state index in [4.69, 9.17) is 0 Å². The van der Waals surface area contributed by atoms with Gasteiger partial charge in [0, 0.05) is 6.54 Å². The first kappa shape index (κ1) is 22.3. The van der Waals surface area contributed by atoms with Gasteiger partial charge in [-0.25, -0.2) is 13.2 Å². The third-order valence-corrected chi connectivity index (χ3v) is 4.00. The van der Waals surface area contributed by atoms with Gasteiger partial charge in [-0.3, -0.25) is 9.59 Å². The summed E-state index contributed by atoms with van der Waals surface area (Å²) in [6.45, 7) is 0.488. The molecule has 0 spiro atoms. The van der Waals surface area contributed by atoms with Gasteiger partial charge in [-0.05, 0) is 25.0 Å². The van der Waals surface area contributed by atoms with Crippen LogP contribution in [0.1, 0.15) is 18.4 Å². The maximum Gasteiger partial charge on any atom is 0.416 e. The summed E-state index contributed by atoms with van der Waals surface area (Å²) >= 11 is 0. The highest BCUT2D eigenvalue weighted by atomic mass is 19.4. The lowest BCUT2D eigenvalue weighted by molar-refractivity contribution is -0.137. The number of halogens is 6. The summed E-state index contributed by atoms with van der Waals surface area (Å²) in [5, 5.41) is 4.60. The van der Waals surface area contributed by atoms with Crippen LogP contribution < -0.4 is 10.6 Å². The Labute approximate surface area is 161 Å². The highest BCUT2D eigenvalue weighted by Crippen LogP contribution is 2.28. The van der Waals surface area contributed by atoms with Crippen LogP contribution in [0.4, 0.5) is 32.0 Å². The number of amides is 2. The summed E-state index contributed by atoms with van der Waals surface area (Å²) < 4.78 is 74.4. The van der Waals surface area contributed by atoms with E-state index in [1.54, 1.807) is 6.07 Å². The number of alkyl halides is 3. The lowest BCUT2D eigenvalue weighted by Gasteiger charge is -2.21. The zero-order valence-corrected chi connectivity index (χ0v) is 14.8. The number of carbonyl (C=O) groups excluding carboxylic acids is 2. The maximum atomic E-state index is 13.4. The predicted octanol–water partition coefficient (Wildman–Crippen LogP) is 4.27. The molecule has 3 rings (SSSR count). The zero-order chi connectivity index (χ0) is 21.6. The molecule has 4 nitrogen and oxygen atoms in total. The van der Waals surface area contributed by atoms with Crippen molar-refractivity contribution in [1.82, 2.24) is 5.32 Å². The quantitative estimate of drug-likeness (QED) is 0.435. The molecule has 0 saturated carbocycles. The number of hydrogen-bond acceptors (Lipinski definition) is 2. The molecule has 1 saturated heterocycles. The van der Waals surface area contributed by atoms with E-state index in [2.05, 4.69) is 10.6 Å². The predicted molar refractivity (Wildman–Crippen MR) is 92.1 cm³/mol. The van der Waals surface area contributed by atoms with E-state index in [9.17, 15) is 35.9 Å². The molecule has 1 atom stereocenters. The van der Waals surface area contributed by atoms with E-state index < -0.39 is 52.6 Å². The second-order valence-electron chi connectivity index (χ2n) is 6.06. The van der Waals surface area contributed by atoms with Crippen LogP contribution in [0, 0.1) is 23.4 Å². The molecule has 1 aliphatic heterocycles. The molecule has 2 N–H and O–H groups in total. The van der Waals surface area contributed by atoms with Crippen LogP contribution in [0.5, 0.6) is 0 Å². The van der Waals surface area contributed by atoms with Crippen LogP contribution in [-0.2, 0) is 15.8 Å². The molecule has 2 aromatic rings. The van der Waals surface area contributed by atoms with Crippen LogP contribution in [0.15, 0.2) is 42.5 Å². The van der Waals surface area contributed by atoms with E-state index in [1.165, 1.54) is 12.1 Å². The number of rotatable bonds is 2. The van der Waals surface area contributed by atoms with E-state index in [0.29, 0.717) is 25.5 Å². The smallest absolute Gasteiger partial charge is 0.355 e. The number of piperidine rings is 1. The third-order valence-electron chi connectivity index (χ3n) is 4.00. The van der Waals surface area contributed by atoms with E-state index in [1.807, 2.05) is 0 Å². The first-order valence-corrected chi connectivity index (χ1v) is 8.45. The van der Waals surface area contributed by atoms with Gasteiger partial charge < -0.3 is 10.6 Å². The monoisotopic (exact) mass is 418 g/mol. The fourth-order valence-corrected chi connectivity index (χ4v) is 2.49. The van der Waals surface area contributed by atoms with Gasteiger partial charge in [0.25, 0.3) is 0 Å². The summed E-state index contributed by atoms with van der Waals surface area (Å²) in [7, 11) is 0. The number of carbonyl (C=O) groups is 2. The number of nitrogens with one attached hydrogen (secondary N) is 2. The molecule has 1 heterocycles. The molecular formula is C19H16F6N2O2. The van der Waals surface area contributed by atoms with Gasteiger partial charge in [0.15, 0.2) is 17.5 Å². The molecule has 2 aromatic carbocycles. The summed E-state index contributed by atoms with van der Waals surface area (Å²) in [5.74, 6) is -6.61. The average molecular weight is 418 g/mol. The Balaban J connectivity index is 0.000000253. The standard InChI is InChI=1S/C12H11F3N2O2.C7H5F3/c13-7-3-4-8(10(15)9(7)14)17-12(19)6-2-1-5-16-11(6)18;8-7(9,10)6-4-2-1-3-5-6/h3-4,6H,1-2,5H2,(H,16,18)(H,17,19);1-5H/t6-;/m1./s1. The van der Waals surface area contributed by atoms with Crippen molar-refractivity contribution < 1.29 is 35.9 Å². The van der Waals surface area contributed by atoms with Crippen LogP contribution in [0.25, 0.3) is 0 Å². The molecule has 1 fully saturated rings. The van der Waals surface area contributed by atoms with Crippen molar-refractivity contribution >= 4 is 17.5 Å². The molecule has 0 bridgehead atoms. The largest absolute Gasteiger partial charge is 0.416 e. The molecule has 0 aliphatic carbocycles. The Bertz CT molecular complexity index is 871. The minimum Gasteiger partial charge on any atom is -0.355 e. The molecule has 2 amide bonds. The number of benzene rings is 2. The summed E-state index contributed by atoms with van der Waals surface area (Å²) in [6.07, 6.45) is -3.24. The van der Waals surface area contributed by atoms with E-state index in [0.717, 1.165) is 18.2 Å². The van der Waals surface area contributed by atoms with Gasteiger partial charge in [0.2, 0.25) is 11.8 Å². The Morgan fingerprint density at radius 2 is 1.66 bits per heavy atom. The summed E-state index contributed by atoms with van der Waals surface area (Å²) in [5.41, 5.74) is -1.09. The van der Waals surface area contributed by atoms with Crippen LogP contribution in [0.2, 0.25) is 0 Å². The Morgan fingerprint density at radius 3 is 2.21 bits per heavy atom. The van der Waals surface area contributed by atoms with Crippen molar-refractivity contribution in [3.8, 4) is 0 Å². The normalized spacial score (nSPS) is 16.3. The SMILES string of the molecule is FC(F)(F)c1ccccc1.O=C1NCCC[C@H]1C(=O)Nc1ccc(F)c(F)c1F. The molecule has 10 heteroatoms. The molecule has 29 heavy (non-hydrogen) atoms. The first-order valence-electron chi connectivity index (χ1n) is 8.45. The Morgan fingerprint density at radius 1 is 1.00 bits per heavy atom. The highest BCUT2D eigenvalue weighted by Gasteiger charge is 2.30. The van der Waals surface area contributed by atoms with Crippen molar-refractivity contribution in [2.24, 2.45) is 5.92 Å². The van der Waals surface area contributed by atoms with Crippen molar-refractivity contribution in [3.05, 3.63) is 65.5 Å².